The van der Waals surface area contributed by atoms with Gasteiger partial charge in [-0.15, -0.1) is 0 Å². The molecule has 1 aliphatic rings. The van der Waals surface area contributed by atoms with Crippen LogP contribution in [0.15, 0.2) is 47.4 Å². The van der Waals surface area contributed by atoms with Gasteiger partial charge in [-0.3, -0.25) is 4.79 Å². The quantitative estimate of drug-likeness (QED) is 0.579. The molecule has 174 valence electrons. The van der Waals surface area contributed by atoms with Crippen LogP contribution in [0.3, 0.4) is 0 Å². The molecule has 0 aliphatic carbocycles. The molecular formula is C23H30ClN3O4S. The van der Waals surface area contributed by atoms with Crippen molar-refractivity contribution in [1.82, 2.24) is 9.21 Å². The third-order valence-corrected chi connectivity index (χ3v) is 7.79. The number of nitrogens with zero attached hydrogens (tertiary/aromatic N) is 3. The van der Waals surface area contributed by atoms with Crippen molar-refractivity contribution in [2.75, 3.05) is 46.2 Å². The minimum atomic E-state index is -3.78. The van der Waals surface area contributed by atoms with Gasteiger partial charge in [0.25, 0.3) is 5.91 Å². The Hall–Kier alpha value is -2.13. The number of ether oxygens (including phenoxy) is 1. The van der Waals surface area contributed by atoms with E-state index in [-0.39, 0.29) is 27.5 Å². The second kappa shape index (κ2) is 10.2. The zero-order valence-corrected chi connectivity index (χ0v) is 20.5. The van der Waals surface area contributed by atoms with Crippen molar-refractivity contribution >= 4 is 33.2 Å². The summed E-state index contributed by atoms with van der Waals surface area (Å²) in [6.07, 6.45) is 1.83. The Bertz CT molecular complexity index is 1050. The van der Waals surface area contributed by atoms with Crippen molar-refractivity contribution in [2.45, 2.75) is 30.4 Å². The van der Waals surface area contributed by atoms with Crippen LogP contribution in [-0.2, 0) is 21.3 Å². The van der Waals surface area contributed by atoms with E-state index in [4.69, 9.17) is 16.3 Å². The van der Waals surface area contributed by atoms with Gasteiger partial charge in [-0.05, 0) is 48.7 Å². The molecule has 3 rings (SSSR count). The molecule has 0 N–H and O–H groups in total. The highest BCUT2D eigenvalue weighted by Crippen LogP contribution is 2.26. The van der Waals surface area contributed by atoms with E-state index in [9.17, 15) is 13.2 Å². The Kier molecular flexibility index (Phi) is 7.82. The van der Waals surface area contributed by atoms with Crippen LogP contribution in [0.5, 0.6) is 0 Å². The predicted octanol–water partition coefficient (Wildman–Crippen LogP) is 3.48. The molecule has 32 heavy (non-hydrogen) atoms. The molecule has 1 fully saturated rings. The maximum atomic E-state index is 13.5. The van der Waals surface area contributed by atoms with Gasteiger partial charge in [-0.1, -0.05) is 23.7 Å². The van der Waals surface area contributed by atoms with Crippen molar-refractivity contribution in [2.24, 2.45) is 0 Å². The maximum Gasteiger partial charge on any atom is 0.254 e. The van der Waals surface area contributed by atoms with Crippen LogP contribution in [0.2, 0.25) is 5.02 Å². The van der Waals surface area contributed by atoms with Gasteiger partial charge in [0.05, 0.1) is 11.1 Å². The van der Waals surface area contributed by atoms with Gasteiger partial charge in [0.15, 0.2) is 0 Å². The van der Waals surface area contributed by atoms with E-state index in [0.717, 1.165) is 28.4 Å². The van der Waals surface area contributed by atoms with E-state index >= 15 is 0 Å². The molecule has 1 heterocycles. The highest BCUT2D eigenvalue weighted by atomic mass is 35.5. The van der Waals surface area contributed by atoms with Gasteiger partial charge in [0, 0.05) is 59.1 Å². The largest absolute Gasteiger partial charge is 0.378 e. The fraction of sp³-hybridized carbons (Fsp3) is 0.435. The number of halogens is 1. The first kappa shape index (κ1) is 24.5. The Balaban J connectivity index is 1.91. The van der Waals surface area contributed by atoms with Gasteiger partial charge >= 0.3 is 0 Å². The standard InChI is InChI=1S/C23H30ClN3O4S/c1-25(2)19-10-7-17(8-11-19)15-27(16-20-6-5-13-31-20)23(28)18-9-12-21(24)22(14-18)32(29,30)26(3)4/h7-12,14,20H,5-6,13,15-16H2,1-4H3. The van der Waals surface area contributed by atoms with Crippen molar-refractivity contribution in [3.05, 3.63) is 58.6 Å². The van der Waals surface area contributed by atoms with E-state index in [0.29, 0.717) is 19.7 Å². The summed E-state index contributed by atoms with van der Waals surface area (Å²) in [5, 5.41) is 0.0835. The highest BCUT2D eigenvalue weighted by molar-refractivity contribution is 7.89. The molecule has 1 aliphatic heterocycles. The third kappa shape index (κ3) is 5.61. The molecule has 1 unspecified atom stereocenters. The van der Waals surface area contributed by atoms with Crippen molar-refractivity contribution in [1.29, 1.82) is 0 Å². The monoisotopic (exact) mass is 479 g/mol. The average Bonchev–Trinajstić information content (AvgIpc) is 3.26. The predicted molar refractivity (Wildman–Crippen MR) is 127 cm³/mol. The van der Waals surface area contributed by atoms with Gasteiger partial charge < -0.3 is 14.5 Å². The molecular weight excluding hydrogens is 450 g/mol. The third-order valence-electron chi connectivity index (χ3n) is 5.50. The van der Waals surface area contributed by atoms with Crippen LogP contribution >= 0.6 is 11.6 Å². The zero-order chi connectivity index (χ0) is 23.5. The van der Waals surface area contributed by atoms with E-state index in [1.54, 1.807) is 11.0 Å². The van der Waals surface area contributed by atoms with E-state index in [1.165, 1.54) is 26.2 Å². The zero-order valence-electron chi connectivity index (χ0n) is 18.9. The fourth-order valence-electron chi connectivity index (χ4n) is 3.59. The summed E-state index contributed by atoms with van der Waals surface area (Å²) in [6, 6.07) is 12.4. The van der Waals surface area contributed by atoms with Crippen molar-refractivity contribution < 1.29 is 17.9 Å². The fourth-order valence-corrected chi connectivity index (χ4v) is 4.98. The molecule has 2 aromatic carbocycles. The summed E-state index contributed by atoms with van der Waals surface area (Å²) < 4.78 is 32.1. The molecule has 1 amide bonds. The molecule has 0 spiro atoms. The topological polar surface area (TPSA) is 70.2 Å². The van der Waals surface area contributed by atoms with E-state index in [1.807, 2.05) is 43.3 Å². The number of carbonyl (C=O) groups is 1. The molecule has 0 aromatic heterocycles. The summed E-state index contributed by atoms with van der Waals surface area (Å²) >= 11 is 6.16. The van der Waals surface area contributed by atoms with Gasteiger partial charge in [-0.25, -0.2) is 12.7 Å². The molecule has 0 radical (unpaired) electrons. The van der Waals surface area contributed by atoms with Crippen molar-refractivity contribution in [3.8, 4) is 0 Å². The number of sulfonamides is 1. The van der Waals surface area contributed by atoms with Gasteiger partial charge in [0.2, 0.25) is 10.0 Å². The number of rotatable bonds is 8. The number of hydrogen-bond acceptors (Lipinski definition) is 5. The summed E-state index contributed by atoms with van der Waals surface area (Å²) in [7, 11) is 3.03. The number of amides is 1. The molecule has 0 saturated carbocycles. The summed E-state index contributed by atoms with van der Waals surface area (Å²) in [4.78, 5) is 17.1. The van der Waals surface area contributed by atoms with Crippen LogP contribution in [0.1, 0.15) is 28.8 Å². The minimum absolute atomic E-state index is 0.0303. The lowest BCUT2D eigenvalue weighted by Crippen LogP contribution is -2.37. The normalized spacial score (nSPS) is 16.4. The molecule has 0 bridgehead atoms. The Morgan fingerprint density at radius 2 is 1.78 bits per heavy atom. The van der Waals surface area contributed by atoms with E-state index < -0.39 is 10.0 Å². The molecule has 1 atom stereocenters. The highest BCUT2D eigenvalue weighted by Gasteiger charge is 2.27. The number of benzene rings is 2. The van der Waals surface area contributed by atoms with E-state index in [2.05, 4.69) is 0 Å². The first-order chi connectivity index (χ1) is 15.1. The number of anilines is 1. The lowest BCUT2D eigenvalue weighted by Gasteiger charge is -2.26. The van der Waals surface area contributed by atoms with Crippen LogP contribution in [0.25, 0.3) is 0 Å². The second-order valence-corrected chi connectivity index (χ2v) is 10.8. The summed E-state index contributed by atoms with van der Waals surface area (Å²) in [5.41, 5.74) is 2.33. The number of carbonyl (C=O) groups excluding carboxylic acids is 1. The maximum absolute atomic E-state index is 13.5. The summed E-state index contributed by atoms with van der Waals surface area (Å²) in [6.45, 7) is 1.52. The molecule has 1 saturated heterocycles. The molecule has 7 nitrogen and oxygen atoms in total. The first-order valence-electron chi connectivity index (χ1n) is 10.5. The Labute approximate surface area is 195 Å². The minimum Gasteiger partial charge on any atom is -0.378 e. The molecule has 2 aromatic rings. The lowest BCUT2D eigenvalue weighted by atomic mass is 10.1. The second-order valence-electron chi connectivity index (χ2n) is 8.31. The smallest absolute Gasteiger partial charge is 0.254 e. The van der Waals surface area contributed by atoms with Crippen LogP contribution in [0, 0.1) is 0 Å². The van der Waals surface area contributed by atoms with Crippen LogP contribution in [-0.4, -0.2) is 71.0 Å². The number of hydrogen-bond donors (Lipinski definition) is 0. The Morgan fingerprint density at radius 1 is 1.09 bits per heavy atom. The summed E-state index contributed by atoms with van der Waals surface area (Å²) in [5.74, 6) is -0.260. The van der Waals surface area contributed by atoms with Crippen LogP contribution in [0.4, 0.5) is 5.69 Å². The van der Waals surface area contributed by atoms with Crippen LogP contribution < -0.4 is 4.90 Å². The first-order valence-corrected chi connectivity index (χ1v) is 12.3. The van der Waals surface area contributed by atoms with Gasteiger partial charge in [-0.2, -0.15) is 0 Å². The molecule has 9 heteroatoms. The lowest BCUT2D eigenvalue weighted by molar-refractivity contribution is 0.0507. The van der Waals surface area contributed by atoms with Gasteiger partial charge in [0.1, 0.15) is 4.90 Å². The van der Waals surface area contributed by atoms with Crippen molar-refractivity contribution in [3.63, 3.8) is 0 Å². The SMILES string of the molecule is CN(C)c1ccc(CN(CC2CCCO2)C(=O)c2ccc(Cl)c(S(=O)(=O)N(C)C)c2)cc1. The average molecular weight is 480 g/mol. The Morgan fingerprint density at radius 3 is 2.34 bits per heavy atom.